The molecule has 2 aliphatic rings. The predicted octanol–water partition coefficient (Wildman–Crippen LogP) is 4.41. The van der Waals surface area contributed by atoms with Crippen molar-refractivity contribution in [1.29, 1.82) is 0 Å². The molecular formula is C25H38O4. The van der Waals surface area contributed by atoms with E-state index in [9.17, 15) is 15.0 Å². The van der Waals surface area contributed by atoms with Crippen LogP contribution >= 0.6 is 0 Å². The van der Waals surface area contributed by atoms with E-state index >= 15 is 0 Å². The number of hydrogen-bond donors (Lipinski definition) is 2. The van der Waals surface area contributed by atoms with Crippen molar-refractivity contribution in [1.82, 2.24) is 0 Å². The number of ether oxygens (including phenoxy) is 1. The zero-order chi connectivity index (χ0) is 21.4. The number of aliphatic hydroxyl groups is 2. The molecule has 0 aliphatic heterocycles. The van der Waals surface area contributed by atoms with Gasteiger partial charge in [0.25, 0.3) is 0 Å². The molecule has 162 valence electrons. The van der Waals surface area contributed by atoms with Gasteiger partial charge in [0.15, 0.2) is 0 Å². The summed E-state index contributed by atoms with van der Waals surface area (Å²) >= 11 is 0. The van der Waals surface area contributed by atoms with Gasteiger partial charge < -0.3 is 14.9 Å². The van der Waals surface area contributed by atoms with E-state index in [1.165, 1.54) is 5.57 Å². The van der Waals surface area contributed by atoms with E-state index in [0.29, 0.717) is 24.7 Å². The van der Waals surface area contributed by atoms with Crippen molar-refractivity contribution in [2.24, 2.45) is 23.7 Å². The van der Waals surface area contributed by atoms with E-state index in [2.05, 4.69) is 17.9 Å². The summed E-state index contributed by atoms with van der Waals surface area (Å²) < 4.78 is 5.17. The van der Waals surface area contributed by atoms with Crippen molar-refractivity contribution in [2.45, 2.75) is 91.0 Å². The van der Waals surface area contributed by atoms with E-state index in [-0.39, 0.29) is 30.0 Å². The van der Waals surface area contributed by atoms with Gasteiger partial charge >= 0.3 is 5.97 Å². The average Bonchev–Trinajstić information content (AvgIpc) is 3.17. The molecule has 0 bridgehead atoms. The minimum atomic E-state index is -0.524. The molecule has 2 rings (SSSR count). The number of carbonyl (C=O) groups is 1. The van der Waals surface area contributed by atoms with Crippen molar-refractivity contribution in [2.75, 3.05) is 0 Å². The Hall–Kier alpha value is -1.57. The van der Waals surface area contributed by atoms with Crippen molar-refractivity contribution >= 4 is 5.97 Å². The molecule has 6 atom stereocenters. The minimum absolute atomic E-state index is 0.0486. The Morgan fingerprint density at radius 2 is 2.07 bits per heavy atom. The van der Waals surface area contributed by atoms with Gasteiger partial charge in [-0.15, -0.1) is 11.8 Å². The van der Waals surface area contributed by atoms with Crippen molar-refractivity contribution < 1.29 is 19.7 Å². The van der Waals surface area contributed by atoms with Crippen molar-refractivity contribution in [3.8, 4) is 11.8 Å². The van der Waals surface area contributed by atoms with Crippen LogP contribution in [0.5, 0.6) is 0 Å². The van der Waals surface area contributed by atoms with E-state index in [0.717, 1.165) is 32.1 Å². The Labute approximate surface area is 176 Å². The average molecular weight is 403 g/mol. The molecule has 0 heterocycles. The summed E-state index contributed by atoms with van der Waals surface area (Å²) in [5.74, 6) is 6.96. The van der Waals surface area contributed by atoms with Crippen LogP contribution in [0.25, 0.3) is 0 Å². The molecule has 0 amide bonds. The van der Waals surface area contributed by atoms with Crippen LogP contribution in [-0.4, -0.2) is 34.5 Å². The molecule has 0 aromatic rings. The number of fused-ring (bicyclic) bond motifs is 1. The Morgan fingerprint density at radius 1 is 1.31 bits per heavy atom. The van der Waals surface area contributed by atoms with Crippen LogP contribution in [0.15, 0.2) is 23.8 Å². The highest BCUT2D eigenvalue weighted by atomic mass is 16.5. The van der Waals surface area contributed by atoms with E-state index in [1.807, 2.05) is 39.8 Å². The molecule has 0 saturated heterocycles. The van der Waals surface area contributed by atoms with Gasteiger partial charge in [0, 0.05) is 18.8 Å². The molecule has 4 nitrogen and oxygen atoms in total. The van der Waals surface area contributed by atoms with Crippen LogP contribution < -0.4 is 0 Å². The zero-order valence-electron chi connectivity index (χ0n) is 18.4. The molecule has 29 heavy (non-hydrogen) atoms. The highest BCUT2D eigenvalue weighted by Crippen LogP contribution is 2.50. The third kappa shape index (κ3) is 7.32. The summed E-state index contributed by atoms with van der Waals surface area (Å²) in [5.41, 5.74) is 1.45. The topological polar surface area (TPSA) is 66.8 Å². The maximum atomic E-state index is 11.6. The second-order valence-corrected chi connectivity index (χ2v) is 8.99. The fourth-order valence-electron chi connectivity index (χ4n) is 4.63. The molecule has 2 saturated carbocycles. The number of aliphatic hydroxyl groups excluding tert-OH is 2. The Balaban J connectivity index is 1.83. The predicted molar refractivity (Wildman–Crippen MR) is 116 cm³/mol. The summed E-state index contributed by atoms with van der Waals surface area (Å²) in [5, 5.41) is 20.8. The van der Waals surface area contributed by atoms with Gasteiger partial charge in [-0.05, 0) is 70.6 Å². The monoisotopic (exact) mass is 402 g/mol. The maximum absolute atomic E-state index is 11.6. The zero-order valence-corrected chi connectivity index (χ0v) is 18.4. The minimum Gasteiger partial charge on any atom is -0.463 e. The van der Waals surface area contributed by atoms with Crippen LogP contribution in [0.1, 0.15) is 72.6 Å². The molecule has 0 aromatic heterocycles. The lowest BCUT2D eigenvalue weighted by Crippen LogP contribution is -2.19. The molecule has 0 radical (unpaired) electrons. The van der Waals surface area contributed by atoms with Crippen molar-refractivity contribution in [3.05, 3.63) is 23.8 Å². The largest absolute Gasteiger partial charge is 0.463 e. The van der Waals surface area contributed by atoms with Gasteiger partial charge in [-0.25, -0.2) is 0 Å². The lowest BCUT2D eigenvalue weighted by atomic mass is 9.89. The Kier molecular flexibility index (Phi) is 9.46. The number of hydrogen-bond acceptors (Lipinski definition) is 4. The van der Waals surface area contributed by atoms with Crippen LogP contribution in [0.4, 0.5) is 0 Å². The van der Waals surface area contributed by atoms with E-state index < -0.39 is 6.10 Å². The number of esters is 1. The summed E-state index contributed by atoms with van der Waals surface area (Å²) in [7, 11) is 0. The van der Waals surface area contributed by atoms with Gasteiger partial charge in [-0.3, -0.25) is 4.79 Å². The quantitative estimate of drug-likeness (QED) is 0.259. The maximum Gasteiger partial charge on any atom is 0.306 e. The van der Waals surface area contributed by atoms with E-state index in [4.69, 9.17) is 4.74 Å². The molecule has 4 heteroatoms. The third-order valence-electron chi connectivity index (χ3n) is 6.21. The molecule has 2 fully saturated rings. The highest BCUT2D eigenvalue weighted by Gasteiger charge is 2.44. The first-order valence-electron chi connectivity index (χ1n) is 11.1. The summed E-state index contributed by atoms with van der Waals surface area (Å²) in [6, 6.07) is 0. The van der Waals surface area contributed by atoms with Gasteiger partial charge in [0.1, 0.15) is 0 Å². The molecular weight excluding hydrogens is 364 g/mol. The van der Waals surface area contributed by atoms with Crippen LogP contribution in [-0.2, 0) is 9.53 Å². The normalized spacial score (nSPS) is 29.7. The Bertz CT molecular complexity index is 651. The standard InChI is InChI=1S/C25H38O4/c1-5-6-9-18(4)23(26)13-12-21-22-15-19(14-20(22)16-24(21)27)10-7-8-11-25(28)29-17(2)3/h10,12-13,17-18,20-24,26-27H,7-9,11,14-16H2,1-4H3/b13-12+,19-10+/t18?,20-,21+,22-,23+,24+/m0/s1. The number of carbonyl (C=O) groups excluding carboxylic acids is 1. The lowest BCUT2D eigenvalue weighted by molar-refractivity contribution is -0.147. The first-order valence-corrected chi connectivity index (χ1v) is 11.1. The smallest absolute Gasteiger partial charge is 0.306 e. The highest BCUT2D eigenvalue weighted by molar-refractivity contribution is 5.69. The second kappa shape index (κ2) is 11.6. The summed E-state index contributed by atoms with van der Waals surface area (Å²) in [6.45, 7) is 7.55. The van der Waals surface area contributed by atoms with Crippen LogP contribution in [0.2, 0.25) is 0 Å². The number of rotatable bonds is 9. The fraction of sp³-hybridized carbons (Fsp3) is 0.720. The van der Waals surface area contributed by atoms with Crippen LogP contribution in [0.3, 0.4) is 0 Å². The molecule has 1 unspecified atom stereocenters. The second-order valence-electron chi connectivity index (χ2n) is 8.99. The fourth-order valence-corrected chi connectivity index (χ4v) is 4.63. The molecule has 0 aromatic carbocycles. The van der Waals surface area contributed by atoms with Gasteiger partial charge in [-0.2, -0.15) is 0 Å². The summed E-state index contributed by atoms with van der Waals surface area (Å²) in [6.07, 6.45) is 11.1. The van der Waals surface area contributed by atoms with Gasteiger partial charge in [0.05, 0.1) is 18.3 Å². The molecule has 0 spiro atoms. The number of unbranched alkanes of at least 4 members (excludes halogenated alkanes) is 1. The van der Waals surface area contributed by atoms with Crippen LogP contribution in [0, 0.1) is 35.5 Å². The first kappa shape index (κ1) is 23.7. The molecule has 2 N–H and O–H groups in total. The lowest BCUT2D eigenvalue weighted by Gasteiger charge is -2.19. The van der Waals surface area contributed by atoms with E-state index in [1.54, 1.807) is 0 Å². The van der Waals surface area contributed by atoms with Gasteiger partial charge in [-0.1, -0.05) is 30.7 Å². The Morgan fingerprint density at radius 3 is 2.76 bits per heavy atom. The summed E-state index contributed by atoms with van der Waals surface area (Å²) in [4.78, 5) is 11.6. The molecule has 2 aliphatic carbocycles. The van der Waals surface area contributed by atoms with Crippen molar-refractivity contribution in [3.63, 3.8) is 0 Å². The van der Waals surface area contributed by atoms with Gasteiger partial charge in [0.2, 0.25) is 0 Å². The number of allylic oxidation sites excluding steroid dienone is 2. The first-order chi connectivity index (χ1) is 13.8. The SMILES string of the molecule is CC#CCC(C)[C@H](O)/C=C/[C@@H]1[C@H]2C/C(=C/CCCC(=O)OC(C)C)C[C@H]2C[C@H]1O. The third-order valence-corrected chi connectivity index (χ3v) is 6.21.